The Balaban J connectivity index is 0.000000147. The molecule has 26 rings (SSSR count). The summed E-state index contributed by atoms with van der Waals surface area (Å²) in [5, 5.41) is 30.7. The van der Waals surface area contributed by atoms with E-state index in [1.54, 1.807) is 0 Å². The second kappa shape index (κ2) is 34.1. The van der Waals surface area contributed by atoms with Crippen molar-refractivity contribution in [3.8, 4) is 134 Å². The Morgan fingerprint density at radius 1 is 0.0870 bits per heavy atom. The van der Waals surface area contributed by atoms with Gasteiger partial charge in [-0.3, -0.25) is 0 Å². The first-order valence-corrected chi connectivity index (χ1v) is 48.3. The Morgan fingerprint density at radius 3 is 0.442 bits per heavy atom. The van der Waals surface area contributed by atoms with Gasteiger partial charge < -0.3 is 0 Å². The number of aryl methyl sites for hydroxylation is 6. The first kappa shape index (κ1) is 82.7. The maximum absolute atomic E-state index is 2.45. The highest BCUT2D eigenvalue weighted by Crippen LogP contribution is 2.49. The van der Waals surface area contributed by atoms with E-state index in [9.17, 15) is 0 Å². The first-order valence-electron chi connectivity index (χ1n) is 48.3. The number of hydrogen-bond acceptors (Lipinski definition) is 0. The van der Waals surface area contributed by atoms with Crippen LogP contribution in [0.4, 0.5) is 0 Å². The highest BCUT2D eigenvalue weighted by Gasteiger charge is 2.23. The molecule has 0 aromatic heterocycles. The van der Waals surface area contributed by atoms with Crippen LogP contribution in [0.5, 0.6) is 0 Å². The number of hydrogen-bond donors (Lipinski definition) is 0. The third kappa shape index (κ3) is 14.5. The molecule has 0 aliphatic heterocycles. The SMILES string of the molecule is Cc1cc(-c2cc3ccccc3c3ccccc23)c(C)cc1-c1cc(-c2cc(C)c(-c3cc4ccccc4c4ccccc34)cc2C)cc(-c2cc(C)c(-c3cc4ccccc4c4ccccc34)cc2C)c1.c1ccc2c(c1)cc(-c1ccc(-c3cc(-c4ccc(-c5cc6ccccc6c6ccccc56)cc4)cc(-c4ccc(-c5cc6ccccc6c6ccccc56)cc4)c3)cc1)c1ccccc12. The van der Waals surface area contributed by atoms with Crippen LogP contribution in [0.25, 0.3) is 263 Å². The average molecular weight is 1750 g/mol. The van der Waals surface area contributed by atoms with Crippen LogP contribution in [0, 0.1) is 41.5 Å². The molecular formula is C138H96. The lowest BCUT2D eigenvalue weighted by atomic mass is 9.84. The van der Waals surface area contributed by atoms with Crippen LogP contribution in [-0.2, 0) is 0 Å². The van der Waals surface area contributed by atoms with Gasteiger partial charge in [-0.05, 0) is 411 Å². The lowest BCUT2D eigenvalue weighted by molar-refractivity contribution is 1.37. The summed E-state index contributed by atoms with van der Waals surface area (Å²) in [6.45, 7) is 13.8. The summed E-state index contributed by atoms with van der Waals surface area (Å²) in [4.78, 5) is 0. The molecule has 0 spiro atoms. The summed E-state index contributed by atoms with van der Waals surface area (Å²) in [7, 11) is 0. The minimum Gasteiger partial charge on any atom is -0.0616 e. The number of rotatable bonds is 12. The van der Waals surface area contributed by atoms with Crippen LogP contribution in [0.2, 0.25) is 0 Å². The summed E-state index contributed by atoms with van der Waals surface area (Å²) >= 11 is 0. The van der Waals surface area contributed by atoms with Gasteiger partial charge in [0, 0.05) is 0 Å². The van der Waals surface area contributed by atoms with Crippen molar-refractivity contribution in [1.29, 1.82) is 0 Å². The molecule has 0 heteroatoms. The fourth-order valence-corrected chi connectivity index (χ4v) is 22.7. The second-order valence-corrected chi connectivity index (χ2v) is 37.9. The van der Waals surface area contributed by atoms with Gasteiger partial charge in [0.25, 0.3) is 0 Å². The fraction of sp³-hybridized carbons (Fsp3) is 0.0435. The van der Waals surface area contributed by atoms with Gasteiger partial charge in [-0.25, -0.2) is 0 Å². The van der Waals surface area contributed by atoms with Gasteiger partial charge in [0.15, 0.2) is 0 Å². The standard InChI is InChI=1S/C72H54.C66H42/c1-43-34-67(70-40-49-19-7-10-22-55(49)58-25-13-16-28-61(58)70)46(4)31-64(43)52-37-53(65-32-47(5)68(35-44(65)2)71-41-50-20-8-11-23-56(50)59-26-14-17-29-62(59)71)39-54(38-52)66-33-48(6)69(36-45(66)3)72-42-51-21-9-12-24-57(51)60-27-15-18-30-63(60)72;1-4-16-55-49(13-1)40-64(61-22-10-7-19-58(55)61)46-31-25-43(26-32-46)52-37-53(44-27-33-47(34-28-44)65-41-50-14-2-5-17-56(50)59-20-8-11-23-62(59)65)39-54(38-52)45-29-35-48(36-30-45)66-42-51-15-3-6-18-57(51)60-21-9-12-24-63(60)66/h7-42H,1-6H3;1-42H. The molecule has 0 radical (unpaired) electrons. The Kier molecular flexibility index (Phi) is 20.4. The Morgan fingerprint density at radius 2 is 0.232 bits per heavy atom. The minimum atomic E-state index is 1.19. The van der Waals surface area contributed by atoms with Crippen LogP contribution in [0.3, 0.4) is 0 Å². The van der Waals surface area contributed by atoms with Crippen LogP contribution in [-0.4, -0.2) is 0 Å². The molecule has 0 nitrogen and oxygen atoms in total. The van der Waals surface area contributed by atoms with E-state index in [2.05, 4.69) is 515 Å². The summed E-state index contributed by atoms with van der Waals surface area (Å²) in [5.41, 5.74) is 37.2. The molecule has 26 aromatic carbocycles. The topological polar surface area (TPSA) is 0 Å². The summed E-state index contributed by atoms with van der Waals surface area (Å²) in [5.74, 6) is 0. The van der Waals surface area contributed by atoms with E-state index >= 15 is 0 Å². The molecule has 26 aromatic rings. The van der Waals surface area contributed by atoms with Gasteiger partial charge >= 0.3 is 0 Å². The van der Waals surface area contributed by atoms with E-state index in [-0.39, 0.29) is 0 Å². The largest absolute Gasteiger partial charge is 0.0616 e. The Hall–Kier alpha value is -17.2. The molecule has 0 amide bonds. The van der Waals surface area contributed by atoms with E-state index in [0.29, 0.717) is 0 Å². The summed E-state index contributed by atoms with van der Waals surface area (Å²) in [6, 6.07) is 176. The van der Waals surface area contributed by atoms with Gasteiger partial charge in [0.2, 0.25) is 0 Å². The molecule has 0 aliphatic rings. The summed E-state index contributed by atoms with van der Waals surface area (Å²) in [6.07, 6.45) is 0. The van der Waals surface area contributed by atoms with Crippen molar-refractivity contribution in [3.05, 3.63) is 507 Å². The number of benzene rings is 26. The van der Waals surface area contributed by atoms with Crippen LogP contribution in [0.1, 0.15) is 33.4 Å². The first-order chi connectivity index (χ1) is 67.9. The van der Waals surface area contributed by atoms with Crippen molar-refractivity contribution >= 4 is 129 Å². The zero-order chi connectivity index (χ0) is 92.3. The Labute approximate surface area is 805 Å². The maximum Gasteiger partial charge on any atom is -0.00963 e. The van der Waals surface area contributed by atoms with Crippen molar-refractivity contribution in [2.24, 2.45) is 0 Å². The third-order valence-corrected chi connectivity index (χ3v) is 29.6. The molecule has 0 saturated carbocycles. The van der Waals surface area contributed by atoms with Gasteiger partial charge in [0.1, 0.15) is 0 Å². The molecule has 0 heterocycles. The highest BCUT2D eigenvalue weighted by molar-refractivity contribution is 6.20. The Bertz CT molecular complexity index is 8600. The van der Waals surface area contributed by atoms with Crippen molar-refractivity contribution in [1.82, 2.24) is 0 Å². The molecule has 0 N–H and O–H groups in total. The molecule has 648 valence electrons. The summed E-state index contributed by atoms with van der Waals surface area (Å²) < 4.78 is 0. The predicted octanol–water partition coefficient (Wildman–Crippen LogP) is 39.1. The van der Waals surface area contributed by atoms with E-state index in [4.69, 9.17) is 0 Å². The lowest BCUT2D eigenvalue weighted by Crippen LogP contribution is -1.96. The van der Waals surface area contributed by atoms with Gasteiger partial charge in [-0.15, -0.1) is 0 Å². The second-order valence-electron chi connectivity index (χ2n) is 37.9. The normalized spacial score (nSPS) is 11.7. The van der Waals surface area contributed by atoms with Crippen molar-refractivity contribution in [2.45, 2.75) is 41.5 Å². The van der Waals surface area contributed by atoms with Crippen LogP contribution in [0.15, 0.2) is 473 Å². The molecule has 0 fully saturated rings. The predicted molar refractivity (Wildman–Crippen MR) is 597 cm³/mol. The smallest absolute Gasteiger partial charge is 0.00963 e. The third-order valence-electron chi connectivity index (χ3n) is 29.6. The molecule has 0 aliphatic carbocycles. The van der Waals surface area contributed by atoms with E-state index < -0.39 is 0 Å². The lowest BCUT2D eigenvalue weighted by Gasteiger charge is -2.20. The molecule has 0 bridgehead atoms. The van der Waals surface area contributed by atoms with Crippen LogP contribution < -0.4 is 0 Å². The van der Waals surface area contributed by atoms with E-state index in [1.807, 2.05) is 0 Å². The number of fused-ring (bicyclic) bond motifs is 18. The van der Waals surface area contributed by atoms with Gasteiger partial charge in [0.05, 0.1) is 0 Å². The van der Waals surface area contributed by atoms with Gasteiger partial charge in [-0.2, -0.15) is 0 Å². The quantitative estimate of drug-likeness (QED) is 0.107. The van der Waals surface area contributed by atoms with Crippen molar-refractivity contribution < 1.29 is 0 Å². The van der Waals surface area contributed by atoms with Crippen LogP contribution >= 0.6 is 0 Å². The highest BCUT2D eigenvalue weighted by atomic mass is 14.3. The van der Waals surface area contributed by atoms with Crippen molar-refractivity contribution in [3.63, 3.8) is 0 Å². The van der Waals surface area contributed by atoms with E-state index in [1.165, 1.54) is 296 Å². The zero-order valence-electron chi connectivity index (χ0n) is 78.0. The molecule has 0 unspecified atom stereocenters. The monoisotopic (exact) mass is 1750 g/mol. The molecule has 0 saturated heterocycles. The van der Waals surface area contributed by atoms with E-state index in [0.717, 1.165) is 0 Å². The maximum atomic E-state index is 2.45. The van der Waals surface area contributed by atoms with Crippen molar-refractivity contribution in [2.75, 3.05) is 0 Å². The average Bonchev–Trinajstić information content (AvgIpc) is 0.749. The van der Waals surface area contributed by atoms with Gasteiger partial charge in [-0.1, -0.05) is 400 Å². The zero-order valence-corrected chi connectivity index (χ0v) is 78.0. The minimum absolute atomic E-state index is 1.19. The molecule has 0 atom stereocenters. The fourth-order valence-electron chi connectivity index (χ4n) is 22.7. The molecule has 138 heavy (non-hydrogen) atoms. The molecular weight excluding hydrogens is 1660 g/mol.